The van der Waals surface area contributed by atoms with Gasteiger partial charge in [0.15, 0.2) is 0 Å². The van der Waals surface area contributed by atoms with Crippen LogP contribution in [-0.4, -0.2) is 16.4 Å². The lowest BCUT2D eigenvalue weighted by Gasteiger charge is -2.13. The molecule has 8 heteroatoms. The first-order chi connectivity index (χ1) is 16.0. The van der Waals surface area contributed by atoms with Crippen molar-refractivity contribution < 1.29 is 9.85 Å². The van der Waals surface area contributed by atoms with Crippen LogP contribution in [0.1, 0.15) is 5.56 Å². The first kappa shape index (κ1) is 21.5. The maximum atomic E-state index is 10.9. The number of fused-ring (bicyclic) bond motifs is 1. The number of rotatable bonds is 8. The molecule has 33 heavy (non-hydrogen) atoms. The Morgan fingerprint density at radius 2 is 1.30 bits per heavy atom. The first-order valence-corrected chi connectivity index (χ1v) is 10.2. The third-order valence-corrected chi connectivity index (χ3v) is 5.11. The second-order valence-electron chi connectivity index (χ2n) is 7.29. The zero-order chi connectivity index (χ0) is 23.2. The van der Waals surface area contributed by atoms with Crippen LogP contribution in [0.4, 0.5) is 22.7 Å². The Kier molecular flexibility index (Phi) is 6.26. The van der Waals surface area contributed by atoms with Gasteiger partial charge >= 0.3 is 0 Å². The van der Waals surface area contributed by atoms with E-state index in [1.807, 2.05) is 42.5 Å². The molecule has 164 valence electrons. The van der Waals surface area contributed by atoms with E-state index >= 15 is 0 Å². The molecule has 0 aliphatic heterocycles. The Bertz CT molecular complexity index is 1330. The predicted octanol–water partition coefficient (Wildman–Crippen LogP) is 6.22. The van der Waals surface area contributed by atoms with E-state index in [4.69, 9.17) is 0 Å². The molecule has 0 bridgehead atoms. The first-order valence-electron chi connectivity index (χ1n) is 10.2. The average Bonchev–Trinajstić information content (AvgIpc) is 2.83. The van der Waals surface area contributed by atoms with Gasteiger partial charge in [0.05, 0.1) is 9.85 Å². The van der Waals surface area contributed by atoms with Crippen LogP contribution in [0.2, 0.25) is 0 Å². The standard InChI is InChI=1S/C25H20N4O4/c30-28(31)23-11-7-21(8-12-23)26-16-15-25(27-22-9-13-24(14-10-22)29(32)33)20-6-5-18-3-1-2-4-19(18)17-20/h1-15,17,26-27H,16H2. The Morgan fingerprint density at radius 3 is 1.91 bits per heavy atom. The lowest BCUT2D eigenvalue weighted by Crippen LogP contribution is -2.04. The summed E-state index contributed by atoms with van der Waals surface area (Å²) in [6.07, 6.45) is 1.97. The average molecular weight is 440 g/mol. The summed E-state index contributed by atoms with van der Waals surface area (Å²) < 4.78 is 0. The number of anilines is 2. The fraction of sp³-hybridized carbons (Fsp3) is 0.0400. The third-order valence-electron chi connectivity index (χ3n) is 5.11. The van der Waals surface area contributed by atoms with Crippen molar-refractivity contribution in [2.24, 2.45) is 0 Å². The summed E-state index contributed by atoms with van der Waals surface area (Å²) in [6.45, 7) is 0.458. The molecule has 2 N–H and O–H groups in total. The molecule has 4 aromatic rings. The number of nitro benzene ring substituents is 2. The minimum absolute atomic E-state index is 0.0247. The Morgan fingerprint density at radius 1 is 0.727 bits per heavy atom. The molecular formula is C25H20N4O4. The van der Waals surface area contributed by atoms with E-state index in [-0.39, 0.29) is 11.4 Å². The second-order valence-corrected chi connectivity index (χ2v) is 7.29. The molecule has 4 rings (SSSR count). The van der Waals surface area contributed by atoms with Crippen molar-refractivity contribution in [3.05, 3.63) is 123 Å². The van der Waals surface area contributed by atoms with E-state index in [2.05, 4.69) is 16.7 Å². The smallest absolute Gasteiger partial charge is 0.269 e. The summed E-state index contributed by atoms with van der Waals surface area (Å²) >= 11 is 0. The molecule has 0 aliphatic rings. The monoisotopic (exact) mass is 440 g/mol. The molecular weight excluding hydrogens is 420 g/mol. The maximum absolute atomic E-state index is 10.9. The van der Waals surface area contributed by atoms with E-state index in [9.17, 15) is 20.2 Å². The minimum atomic E-state index is -0.435. The van der Waals surface area contributed by atoms with Crippen molar-refractivity contribution in [1.82, 2.24) is 0 Å². The van der Waals surface area contributed by atoms with Crippen LogP contribution in [0.15, 0.2) is 97.1 Å². The predicted molar refractivity (Wildman–Crippen MR) is 130 cm³/mol. The minimum Gasteiger partial charge on any atom is -0.381 e. The van der Waals surface area contributed by atoms with Crippen LogP contribution >= 0.6 is 0 Å². The van der Waals surface area contributed by atoms with E-state index in [0.717, 1.165) is 33.4 Å². The molecule has 0 radical (unpaired) electrons. The van der Waals surface area contributed by atoms with Crippen molar-refractivity contribution in [3.63, 3.8) is 0 Å². The molecule has 0 saturated carbocycles. The van der Waals surface area contributed by atoms with Gasteiger partial charge in [-0.2, -0.15) is 0 Å². The van der Waals surface area contributed by atoms with E-state index in [1.165, 1.54) is 24.3 Å². The highest BCUT2D eigenvalue weighted by atomic mass is 16.6. The molecule has 0 fully saturated rings. The number of benzene rings is 4. The number of hydrogen-bond donors (Lipinski definition) is 2. The molecule has 0 aliphatic carbocycles. The molecule has 0 saturated heterocycles. The maximum Gasteiger partial charge on any atom is 0.269 e. The van der Waals surface area contributed by atoms with Crippen LogP contribution in [0.25, 0.3) is 16.5 Å². The van der Waals surface area contributed by atoms with Crippen molar-refractivity contribution >= 4 is 39.2 Å². The molecule has 8 nitrogen and oxygen atoms in total. The highest BCUT2D eigenvalue weighted by Gasteiger charge is 2.08. The summed E-state index contributed by atoms with van der Waals surface area (Å²) in [5.41, 5.74) is 3.31. The molecule has 0 unspecified atom stereocenters. The lowest BCUT2D eigenvalue weighted by atomic mass is 10.0. The summed E-state index contributed by atoms with van der Waals surface area (Å²) in [7, 11) is 0. The third kappa shape index (κ3) is 5.31. The van der Waals surface area contributed by atoms with Gasteiger partial charge in [0.1, 0.15) is 0 Å². The van der Waals surface area contributed by atoms with Crippen molar-refractivity contribution in [2.45, 2.75) is 0 Å². The van der Waals surface area contributed by atoms with Crippen LogP contribution in [-0.2, 0) is 0 Å². The van der Waals surface area contributed by atoms with Crippen LogP contribution in [0.3, 0.4) is 0 Å². The number of nitrogens with zero attached hydrogens (tertiary/aromatic N) is 2. The van der Waals surface area contributed by atoms with Gasteiger partial charge < -0.3 is 10.6 Å². The second kappa shape index (κ2) is 9.61. The van der Waals surface area contributed by atoms with Crippen LogP contribution in [0, 0.1) is 20.2 Å². The fourth-order valence-corrected chi connectivity index (χ4v) is 3.39. The van der Waals surface area contributed by atoms with Gasteiger partial charge in [-0.15, -0.1) is 0 Å². The van der Waals surface area contributed by atoms with Gasteiger partial charge in [-0.05, 0) is 52.7 Å². The lowest BCUT2D eigenvalue weighted by molar-refractivity contribution is -0.385. The summed E-state index contributed by atoms with van der Waals surface area (Å²) in [5, 5.41) is 30.6. The Balaban J connectivity index is 1.59. The van der Waals surface area contributed by atoms with Crippen LogP contribution < -0.4 is 10.6 Å². The van der Waals surface area contributed by atoms with Gasteiger partial charge in [-0.1, -0.05) is 36.4 Å². The largest absolute Gasteiger partial charge is 0.381 e. The number of nitro groups is 2. The molecule has 0 spiro atoms. The van der Waals surface area contributed by atoms with Gasteiger partial charge in [-0.25, -0.2) is 0 Å². The zero-order valence-electron chi connectivity index (χ0n) is 17.5. The van der Waals surface area contributed by atoms with Crippen molar-refractivity contribution in [3.8, 4) is 0 Å². The molecule has 0 amide bonds. The summed E-state index contributed by atoms with van der Waals surface area (Å²) in [5.74, 6) is 0. The van der Waals surface area contributed by atoms with Gasteiger partial charge in [0, 0.05) is 47.9 Å². The van der Waals surface area contributed by atoms with Crippen molar-refractivity contribution in [2.75, 3.05) is 17.2 Å². The molecule has 0 atom stereocenters. The van der Waals surface area contributed by atoms with E-state index < -0.39 is 9.85 Å². The Labute approximate surface area is 189 Å². The van der Waals surface area contributed by atoms with Crippen LogP contribution in [0.5, 0.6) is 0 Å². The zero-order valence-corrected chi connectivity index (χ0v) is 17.5. The van der Waals surface area contributed by atoms with Gasteiger partial charge in [0.2, 0.25) is 0 Å². The Hall–Kier alpha value is -4.72. The number of non-ortho nitro benzene ring substituents is 2. The number of hydrogen-bond acceptors (Lipinski definition) is 6. The summed E-state index contributed by atoms with van der Waals surface area (Å²) in [6, 6.07) is 26.6. The molecule has 0 aromatic heterocycles. The normalized spacial score (nSPS) is 11.2. The van der Waals surface area contributed by atoms with E-state index in [1.54, 1.807) is 24.3 Å². The quantitative estimate of drug-likeness (QED) is 0.248. The van der Waals surface area contributed by atoms with E-state index in [0.29, 0.717) is 6.54 Å². The highest BCUT2D eigenvalue weighted by Crippen LogP contribution is 2.25. The molecule has 0 heterocycles. The fourth-order valence-electron chi connectivity index (χ4n) is 3.39. The summed E-state index contributed by atoms with van der Waals surface area (Å²) in [4.78, 5) is 20.9. The topological polar surface area (TPSA) is 110 Å². The van der Waals surface area contributed by atoms with Gasteiger partial charge in [-0.3, -0.25) is 20.2 Å². The number of nitrogens with one attached hydrogen (secondary N) is 2. The molecule has 4 aromatic carbocycles. The van der Waals surface area contributed by atoms with Crippen molar-refractivity contribution in [1.29, 1.82) is 0 Å². The highest BCUT2D eigenvalue weighted by molar-refractivity contribution is 5.88. The SMILES string of the molecule is O=[N+]([O-])c1ccc(NCC=C(Nc2ccc([N+](=O)[O-])cc2)c2ccc3ccccc3c2)cc1. The van der Waals surface area contributed by atoms with Gasteiger partial charge in [0.25, 0.3) is 11.4 Å².